The maximum atomic E-state index is 13.4. The van der Waals surface area contributed by atoms with Crippen LogP contribution < -0.4 is 14.2 Å². The monoisotopic (exact) mass is 574 g/mol. The zero-order chi connectivity index (χ0) is 29.8. The highest BCUT2D eigenvalue weighted by Gasteiger charge is 2.12. The summed E-state index contributed by atoms with van der Waals surface area (Å²) in [5.41, 5.74) is 2.17. The van der Waals surface area contributed by atoms with E-state index in [2.05, 4.69) is 16.3 Å². The highest BCUT2D eigenvalue weighted by Crippen LogP contribution is 2.31. The van der Waals surface area contributed by atoms with Gasteiger partial charge in [-0.2, -0.15) is 20.7 Å². The lowest BCUT2D eigenvalue weighted by atomic mass is 10.2. The molecule has 0 amide bonds. The van der Waals surface area contributed by atoms with Gasteiger partial charge in [-0.05, 0) is 66.7 Å². The highest BCUT2D eigenvalue weighted by molar-refractivity contribution is 5.81. The zero-order valence-corrected chi connectivity index (χ0v) is 22.6. The molecule has 0 unspecified atom stereocenters. The summed E-state index contributed by atoms with van der Waals surface area (Å²) in [7, 11) is 0. The second kappa shape index (κ2) is 11.9. The van der Waals surface area contributed by atoms with E-state index in [1.807, 2.05) is 24.3 Å². The molecule has 43 heavy (non-hydrogen) atoms. The van der Waals surface area contributed by atoms with Gasteiger partial charge in [0.25, 0.3) is 0 Å². The molecule has 11 heteroatoms. The lowest BCUT2D eigenvalue weighted by Gasteiger charge is -2.11. The predicted octanol–water partition coefficient (Wildman–Crippen LogP) is 5.92. The van der Waals surface area contributed by atoms with Gasteiger partial charge in [0.2, 0.25) is 0 Å². The molecule has 2 heterocycles. The standard InChI is InChI=1S/C32H23FN6O4/c33-25-1-7-31(21(13-25)17-34)42-27-3-6-30-24(16-27)20-37-39(30)10-12-41-26-4-8-32(22(14-26)18-35)43-28-2-5-29-23(15-28)19-36-38(29)9-11-40/h1-8,13-16,19-20,40H,9-12H2. The van der Waals surface area contributed by atoms with Gasteiger partial charge in [-0.25, -0.2) is 4.39 Å². The third kappa shape index (κ3) is 5.79. The molecule has 0 bridgehead atoms. The third-order valence-electron chi connectivity index (χ3n) is 6.70. The van der Waals surface area contributed by atoms with Crippen LogP contribution in [0.3, 0.4) is 0 Å². The van der Waals surface area contributed by atoms with Crippen LogP contribution in [0.15, 0.2) is 85.2 Å². The molecule has 6 rings (SSSR count). The number of fused-ring (bicyclic) bond motifs is 2. The Bertz CT molecular complexity index is 2040. The van der Waals surface area contributed by atoms with Crippen LogP contribution in [0.1, 0.15) is 11.1 Å². The summed E-state index contributed by atoms with van der Waals surface area (Å²) in [6.07, 6.45) is 3.40. The second-order valence-electron chi connectivity index (χ2n) is 9.47. The highest BCUT2D eigenvalue weighted by atomic mass is 19.1. The Morgan fingerprint density at radius 2 is 1.26 bits per heavy atom. The summed E-state index contributed by atoms with van der Waals surface area (Å²) in [6.45, 7) is 1.15. The van der Waals surface area contributed by atoms with Crippen molar-refractivity contribution >= 4 is 21.8 Å². The predicted molar refractivity (Wildman–Crippen MR) is 154 cm³/mol. The molecule has 0 aliphatic rings. The molecule has 0 aliphatic carbocycles. The number of nitrogens with zero attached hydrogens (tertiary/aromatic N) is 6. The zero-order valence-electron chi connectivity index (χ0n) is 22.6. The number of aliphatic hydroxyl groups is 1. The van der Waals surface area contributed by atoms with E-state index < -0.39 is 5.82 Å². The van der Waals surface area contributed by atoms with Gasteiger partial charge in [0, 0.05) is 16.8 Å². The van der Waals surface area contributed by atoms with Crippen molar-refractivity contribution in [3.63, 3.8) is 0 Å². The number of aromatic nitrogens is 4. The van der Waals surface area contributed by atoms with Crippen molar-refractivity contribution in [1.29, 1.82) is 10.5 Å². The average Bonchev–Trinajstić information content (AvgIpc) is 3.62. The first-order valence-electron chi connectivity index (χ1n) is 13.3. The maximum absolute atomic E-state index is 13.4. The molecule has 1 N–H and O–H groups in total. The number of benzene rings is 4. The van der Waals surface area contributed by atoms with Crippen LogP contribution in [0.2, 0.25) is 0 Å². The fraction of sp³-hybridized carbons (Fsp3) is 0.125. The Hall–Kier alpha value is -5.91. The number of hydrogen-bond acceptors (Lipinski definition) is 8. The maximum Gasteiger partial charge on any atom is 0.145 e. The summed E-state index contributed by atoms with van der Waals surface area (Å²) in [5, 5.41) is 38.6. The molecule has 0 spiro atoms. The van der Waals surface area contributed by atoms with Crippen LogP contribution in [0, 0.1) is 28.5 Å². The average molecular weight is 575 g/mol. The lowest BCUT2D eigenvalue weighted by Crippen LogP contribution is -2.09. The van der Waals surface area contributed by atoms with Gasteiger partial charge in [0.15, 0.2) is 0 Å². The van der Waals surface area contributed by atoms with Gasteiger partial charge < -0.3 is 19.3 Å². The third-order valence-corrected chi connectivity index (χ3v) is 6.70. The van der Waals surface area contributed by atoms with E-state index in [0.29, 0.717) is 48.3 Å². The Morgan fingerprint density at radius 1 is 0.698 bits per heavy atom. The van der Waals surface area contributed by atoms with E-state index in [4.69, 9.17) is 14.2 Å². The minimum absolute atomic E-state index is 0.00451. The van der Waals surface area contributed by atoms with Crippen molar-refractivity contribution < 1.29 is 23.7 Å². The van der Waals surface area contributed by atoms with Gasteiger partial charge in [-0.1, -0.05) is 0 Å². The van der Waals surface area contributed by atoms with Crippen molar-refractivity contribution in [3.05, 3.63) is 102 Å². The van der Waals surface area contributed by atoms with Crippen molar-refractivity contribution in [2.45, 2.75) is 13.1 Å². The van der Waals surface area contributed by atoms with Crippen molar-refractivity contribution in [3.8, 4) is 40.9 Å². The quantitative estimate of drug-likeness (QED) is 0.213. The molecule has 0 saturated carbocycles. The van der Waals surface area contributed by atoms with Crippen molar-refractivity contribution in [2.75, 3.05) is 13.2 Å². The molecule has 4 aromatic carbocycles. The topological polar surface area (TPSA) is 131 Å². The SMILES string of the molecule is N#Cc1cc(F)ccc1Oc1ccc2c(cnn2CCOc2ccc(Oc3ccc4c(cnn4CCO)c3)c(C#N)c2)c1. The van der Waals surface area contributed by atoms with Gasteiger partial charge in [0.1, 0.15) is 53.3 Å². The molecule has 0 fully saturated rings. The first kappa shape index (κ1) is 27.3. The van der Waals surface area contributed by atoms with E-state index in [-0.39, 0.29) is 17.9 Å². The first-order chi connectivity index (χ1) is 21.0. The second-order valence-corrected chi connectivity index (χ2v) is 9.47. The van der Waals surface area contributed by atoms with Gasteiger partial charge >= 0.3 is 0 Å². The molecular weight excluding hydrogens is 551 g/mol. The molecule has 2 aromatic heterocycles. The minimum Gasteiger partial charge on any atom is -0.492 e. The van der Waals surface area contributed by atoms with Crippen LogP contribution in [-0.2, 0) is 13.1 Å². The van der Waals surface area contributed by atoms with Crippen LogP contribution in [-0.4, -0.2) is 37.9 Å². The molecule has 0 radical (unpaired) electrons. The number of halogens is 1. The van der Waals surface area contributed by atoms with Gasteiger partial charge in [-0.3, -0.25) is 9.36 Å². The lowest BCUT2D eigenvalue weighted by molar-refractivity contribution is 0.271. The van der Waals surface area contributed by atoms with Crippen molar-refractivity contribution in [2.24, 2.45) is 0 Å². The molecule has 10 nitrogen and oxygen atoms in total. The van der Waals surface area contributed by atoms with Gasteiger partial charge in [0.05, 0.1) is 54.3 Å². The van der Waals surface area contributed by atoms with Crippen molar-refractivity contribution in [1.82, 2.24) is 19.6 Å². The van der Waals surface area contributed by atoms with Crippen LogP contribution in [0.25, 0.3) is 21.8 Å². The Morgan fingerprint density at radius 3 is 1.86 bits per heavy atom. The number of aliphatic hydroxyl groups excluding tert-OH is 1. The van der Waals surface area contributed by atoms with Crippen LogP contribution >= 0.6 is 0 Å². The molecule has 0 saturated heterocycles. The largest absolute Gasteiger partial charge is 0.492 e. The number of nitriles is 2. The fourth-order valence-corrected chi connectivity index (χ4v) is 4.67. The minimum atomic E-state index is -0.505. The Labute approximate surface area is 244 Å². The smallest absolute Gasteiger partial charge is 0.145 e. The summed E-state index contributed by atoms with van der Waals surface area (Å²) in [4.78, 5) is 0. The summed E-state index contributed by atoms with van der Waals surface area (Å²) in [6, 6.07) is 23.8. The number of ether oxygens (including phenoxy) is 3. The molecule has 0 atom stereocenters. The van der Waals surface area contributed by atoms with E-state index in [1.165, 1.54) is 12.1 Å². The van der Waals surface area contributed by atoms with Crippen LogP contribution in [0.5, 0.6) is 28.7 Å². The van der Waals surface area contributed by atoms with E-state index in [0.717, 1.165) is 27.9 Å². The summed E-state index contributed by atoms with van der Waals surface area (Å²) >= 11 is 0. The number of hydrogen-bond donors (Lipinski definition) is 1. The molecule has 6 aromatic rings. The molecule has 0 aliphatic heterocycles. The fourth-order valence-electron chi connectivity index (χ4n) is 4.67. The summed E-state index contributed by atoms with van der Waals surface area (Å²) < 4.78 is 34.7. The number of rotatable bonds is 10. The first-order valence-corrected chi connectivity index (χ1v) is 13.3. The van der Waals surface area contributed by atoms with E-state index >= 15 is 0 Å². The van der Waals surface area contributed by atoms with Crippen LogP contribution in [0.4, 0.5) is 4.39 Å². The Balaban J connectivity index is 1.09. The molecular formula is C32H23FN6O4. The van der Waals surface area contributed by atoms with Gasteiger partial charge in [-0.15, -0.1) is 0 Å². The van der Waals surface area contributed by atoms with E-state index in [1.54, 1.807) is 58.2 Å². The normalized spacial score (nSPS) is 10.9. The molecule has 212 valence electrons. The van der Waals surface area contributed by atoms with E-state index in [9.17, 15) is 20.0 Å². The summed E-state index contributed by atoms with van der Waals surface area (Å²) in [5.74, 6) is 1.73. The Kier molecular flexibility index (Phi) is 7.55.